The molecule has 1 atom stereocenters. The summed E-state index contributed by atoms with van der Waals surface area (Å²) in [5.74, 6) is -1.13. The molecule has 0 unspecified atom stereocenters. The maximum Gasteiger partial charge on any atom is 0.513 e. The minimum absolute atomic E-state index is 0.0204. The van der Waals surface area contributed by atoms with Crippen LogP contribution in [-0.2, 0) is 30.2 Å². The van der Waals surface area contributed by atoms with Crippen molar-refractivity contribution in [3.8, 4) is 11.5 Å². The molecule has 0 fully saturated rings. The average Bonchev–Trinajstić information content (AvgIpc) is 3.00. The zero-order chi connectivity index (χ0) is 30.6. The highest BCUT2D eigenvalue weighted by Crippen LogP contribution is 2.30. The van der Waals surface area contributed by atoms with Gasteiger partial charge in [-0.2, -0.15) is 0 Å². The third kappa shape index (κ3) is 13.0. The van der Waals surface area contributed by atoms with E-state index in [4.69, 9.17) is 28.4 Å². The molecule has 0 saturated carbocycles. The lowest BCUT2D eigenvalue weighted by Gasteiger charge is -2.18. The van der Waals surface area contributed by atoms with Crippen molar-refractivity contribution in [2.24, 2.45) is 0 Å². The van der Waals surface area contributed by atoms with Crippen LogP contribution in [0.1, 0.15) is 68.3 Å². The number of benzene rings is 2. The van der Waals surface area contributed by atoms with Crippen LogP contribution < -0.4 is 14.8 Å². The number of hydrogen-bond acceptors (Lipinski definition) is 11. The molecular weight excluding hydrogens is 546 g/mol. The van der Waals surface area contributed by atoms with Crippen LogP contribution in [0.3, 0.4) is 0 Å². The van der Waals surface area contributed by atoms with Crippen LogP contribution in [0.2, 0.25) is 0 Å². The standard InChI is InChI=1S/C31H41NO10/c1-4-6-11-18-39-30(35)41-26-16-15-23(22-27(26)42-31(36)40-19-12-7-5-2)21-25(29(34)37-3)32-17-20-38-28(33)24-13-9-8-10-14-24/h8-10,13-16,22,25,32H,4-7,11-12,17-21H2,1-3H3/t25-/m0/s1. The quantitative estimate of drug-likeness (QED) is 0.101. The zero-order valence-electron chi connectivity index (χ0n) is 24.6. The van der Waals surface area contributed by atoms with E-state index < -0.39 is 30.3 Å². The van der Waals surface area contributed by atoms with Crippen LogP contribution in [0, 0.1) is 0 Å². The molecule has 0 bridgehead atoms. The Kier molecular flexibility index (Phi) is 16.1. The van der Waals surface area contributed by atoms with Gasteiger partial charge < -0.3 is 33.7 Å². The van der Waals surface area contributed by atoms with Gasteiger partial charge in [0, 0.05) is 6.54 Å². The maximum absolute atomic E-state index is 12.5. The van der Waals surface area contributed by atoms with Crippen molar-refractivity contribution in [2.75, 3.05) is 33.5 Å². The van der Waals surface area contributed by atoms with Crippen LogP contribution in [0.25, 0.3) is 0 Å². The number of ether oxygens (including phenoxy) is 6. The number of hydrogen-bond donors (Lipinski definition) is 1. The van der Waals surface area contributed by atoms with Crippen LogP contribution in [0.4, 0.5) is 9.59 Å². The second-order valence-corrected chi connectivity index (χ2v) is 9.33. The highest BCUT2D eigenvalue weighted by atomic mass is 16.7. The number of esters is 2. The number of unbranched alkanes of at least 4 members (excludes halogenated alkanes) is 4. The van der Waals surface area contributed by atoms with Gasteiger partial charge in [-0.05, 0) is 49.1 Å². The second kappa shape index (κ2) is 19.9. The molecule has 0 spiro atoms. The fourth-order valence-electron chi connectivity index (χ4n) is 3.75. The van der Waals surface area contributed by atoms with E-state index >= 15 is 0 Å². The number of rotatable bonds is 18. The fourth-order valence-corrected chi connectivity index (χ4v) is 3.75. The Morgan fingerprint density at radius 3 is 1.95 bits per heavy atom. The second-order valence-electron chi connectivity index (χ2n) is 9.33. The number of nitrogens with one attached hydrogen (secondary N) is 1. The Balaban J connectivity index is 2.07. The Hall–Kier alpha value is -4.12. The van der Waals surface area contributed by atoms with Crippen molar-refractivity contribution < 1.29 is 47.6 Å². The summed E-state index contributed by atoms with van der Waals surface area (Å²) in [5.41, 5.74) is 0.988. The third-order valence-electron chi connectivity index (χ3n) is 5.99. The molecule has 0 heterocycles. The molecule has 11 nitrogen and oxygen atoms in total. The van der Waals surface area contributed by atoms with E-state index in [0.29, 0.717) is 24.0 Å². The Bertz CT molecular complexity index is 1120. The van der Waals surface area contributed by atoms with Crippen LogP contribution in [0.5, 0.6) is 11.5 Å². The largest absolute Gasteiger partial charge is 0.513 e. The molecule has 11 heteroatoms. The van der Waals surface area contributed by atoms with E-state index in [2.05, 4.69) is 5.32 Å². The minimum Gasteiger partial charge on any atom is -0.468 e. The smallest absolute Gasteiger partial charge is 0.468 e. The number of methoxy groups -OCH3 is 1. The molecule has 2 aromatic rings. The van der Waals surface area contributed by atoms with Gasteiger partial charge in [-0.25, -0.2) is 14.4 Å². The molecule has 230 valence electrons. The predicted octanol–water partition coefficient (Wildman–Crippen LogP) is 5.63. The highest BCUT2D eigenvalue weighted by molar-refractivity contribution is 5.89. The van der Waals surface area contributed by atoms with Gasteiger partial charge in [0.15, 0.2) is 11.5 Å². The molecule has 0 aliphatic heterocycles. The molecule has 0 amide bonds. The van der Waals surface area contributed by atoms with E-state index in [1.54, 1.807) is 36.4 Å². The molecule has 0 aromatic heterocycles. The van der Waals surface area contributed by atoms with Gasteiger partial charge in [0.1, 0.15) is 12.6 Å². The zero-order valence-corrected chi connectivity index (χ0v) is 24.6. The first kappa shape index (κ1) is 34.1. The molecule has 42 heavy (non-hydrogen) atoms. The molecule has 0 aliphatic rings. The summed E-state index contributed by atoms with van der Waals surface area (Å²) in [6, 6.07) is 12.3. The maximum atomic E-state index is 12.5. The van der Waals surface area contributed by atoms with E-state index in [9.17, 15) is 19.2 Å². The first-order valence-corrected chi connectivity index (χ1v) is 14.2. The summed E-state index contributed by atoms with van der Waals surface area (Å²) in [6.45, 7) is 4.65. The third-order valence-corrected chi connectivity index (χ3v) is 5.99. The molecule has 2 rings (SSSR count). The van der Waals surface area contributed by atoms with Gasteiger partial charge in [0.2, 0.25) is 0 Å². The molecule has 1 N–H and O–H groups in total. The van der Waals surface area contributed by atoms with Crippen molar-refractivity contribution >= 4 is 24.2 Å². The number of carbonyl (C=O) groups excluding carboxylic acids is 4. The van der Waals surface area contributed by atoms with Gasteiger partial charge in [0.25, 0.3) is 0 Å². The lowest BCUT2D eigenvalue weighted by Crippen LogP contribution is -2.41. The Labute approximate surface area is 246 Å². The lowest BCUT2D eigenvalue weighted by molar-refractivity contribution is -0.143. The number of carbonyl (C=O) groups is 4. The normalized spacial score (nSPS) is 11.2. The Morgan fingerprint density at radius 2 is 1.36 bits per heavy atom. The van der Waals surface area contributed by atoms with Crippen LogP contribution in [0.15, 0.2) is 48.5 Å². The van der Waals surface area contributed by atoms with Crippen LogP contribution in [-0.4, -0.2) is 63.8 Å². The van der Waals surface area contributed by atoms with E-state index in [1.807, 2.05) is 13.8 Å². The summed E-state index contributed by atoms with van der Waals surface area (Å²) in [4.78, 5) is 49.2. The summed E-state index contributed by atoms with van der Waals surface area (Å²) >= 11 is 0. The molecule has 0 aliphatic carbocycles. The summed E-state index contributed by atoms with van der Waals surface area (Å²) in [7, 11) is 1.26. The van der Waals surface area contributed by atoms with Gasteiger partial charge in [-0.15, -0.1) is 0 Å². The molecule has 0 saturated heterocycles. The first-order chi connectivity index (χ1) is 20.4. The molecule has 2 aromatic carbocycles. The van der Waals surface area contributed by atoms with Crippen molar-refractivity contribution in [1.82, 2.24) is 5.32 Å². The fraction of sp³-hybridized carbons (Fsp3) is 0.484. The topological polar surface area (TPSA) is 136 Å². The van der Waals surface area contributed by atoms with E-state index in [0.717, 1.165) is 25.7 Å². The molecular formula is C31H41NO10. The SMILES string of the molecule is CCCCCOC(=O)Oc1ccc(C[C@H](NCCOC(=O)c2ccccc2)C(=O)OC)cc1OC(=O)OCCCCC. The predicted molar refractivity (Wildman–Crippen MR) is 154 cm³/mol. The molecule has 0 radical (unpaired) electrons. The first-order valence-electron chi connectivity index (χ1n) is 14.2. The summed E-state index contributed by atoms with van der Waals surface area (Å²) in [5, 5.41) is 3.02. The lowest BCUT2D eigenvalue weighted by atomic mass is 10.1. The van der Waals surface area contributed by atoms with Crippen molar-refractivity contribution in [3.63, 3.8) is 0 Å². The minimum atomic E-state index is -0.952. The van der Waals surface area contributed by atoms with Gasteiger partial charge >= 0.3 is 24.2 Å². The van der Waals surface area contributed by atoms with E-state index in [-0.39, 0.29) is 44.3 Å². The van der Waals surface area contributed by atoms with Crippen LogP contribution >= 0.6 is 0 Å². The van der Waals surface area contributed by atoms with Crippen molar-refractivity contribution in [3.05, 3.63) is 59.7 Å². The van der Waals surface area contributed by atoms with Crippen molar-refractivity contribution in [2.45, 2.75) is 64.8 Å². The monoisotopic (exact) mass is 587 g/mol. The Morgan fingerprint density at radius 1 is 0.738 bits per heavy atom. The summed E-state index contributed by atoms with van der Waals surface area (Å²) in [6.07, 6.45) is 3.37. The van der Waals surface area contributed by atoms with Crippen molar-refractivity contribution in [1.29, 1.82) is 0 Å². The van der Waals surface area contributed by atoms with E-state index in [1.165, 1.54) is 19.2 Å². The van der Waals surface area contributed by atoms with Gasteiger partial charge in [-0.3, -0.25) is 4.79 Å². The van der Waals surface area contributed by atoms with Gasteiger partial charge in [0.05, 0.1) is 25.9 Å². The summed E-state index contributed by atoms with van der Waals surface area (Å²) < 4.78 is 31.1. The highest BCUT2D eigenvalue weighted by Gasteiger charge is 2.22. The van der Waals surface area contributed by atoms with Gasteiger partial charge in [-0.1, -0.05) is 63.8 Å². The average molecular weight is 588 g/mol.